The van der Waals surface area contributed by atoms with Crippen LogP contribution < -0.4 is 10.9 Å². The number of hydrogen-bond donors (Lipinski definition) is 1. The van der Waals surface area contributed by atoms with Crippen LogP contribution in [-0.2, 0) is 13.0 Å². The van der Waals surface area contributed by atoms with Crippen molar-refractivity contribution in [1.29, 1.82) is 5.26 Å². The van der Waals surface area contributed by atoms with Crippen molar-refractivity contribution in [2.75, 3.05) is 5.32 Å². The Morgan fingerprint density at radius 1 is 1.23 bits per heavy atom. The van der Waals surface area contributed by atoms with Gasteiger partial charge in [0.15, 0.2) is 5.78 Å². The van der Waals surface area contributed by atoms with E-state index in [1.165, 1.54) is 0 Å². The molecule has 0 spiro atoms. The molecule has 1 N–H and O–H groups in total. The fraction of sp³-hybridized carbons (Fsp3) is 0.235. The second-order valence-electron chi connectivity index (χ2n) is 5.18. The molecular weight excluding hydrogens is 280 g/mol. The quantitative estimate of drug-likeness (QED) is 0.940. The van der Waals surface area contributed by atoms with Gasteiger partial charge in [0.2, 0.25) is 0 Å². The molecular formula is C17H14N2O3. The number of fused-ring (bicyclic) bond motifs is 1. The standard InChI is InChI=1S/C17H14N2O3/c18-9-11-4-1-2-5-12(11)10-19-14-8-13-15(20)6-3-7-16(13)22-17(14)21/h1-2,4-5,8,19H,3,6-7,10H2. The van der Waals surface area contributed by atoms with Gasteiger partial charge in [0.1, 0.15) is 11.4 Å². The Kier molecular flexibility index (Phi) is 3.75. The minimum Gasteiger partial charge on any atom is -0.426 e. The van der Waals surface area contributed by atoms with Crippen LogP contribution >= 0.6 is 0 Å². The van der Waals surface area contributed by atoms with Crippen molar-refractivity contribution in [1.82, 2.24) is 0 Å². The Balaban J connectivity index is 1.87. The number of nitrogens with one attached hydrogen (secondary N) is 1. The molecule has 1 aromatic heterocycles. The second kappa shape index (κ2) is 5.86. The summed E-state index contributed by atoms with van der Waals surface area (Å²) in [4.78, 5) is 23.9. The molecule has 0 saturated carbocycles. The normalized spacial score (nSPS) is 13.3. The highest BCUT2D eigenvalue weighted by Crippen LogP contribution is 2.22. The zero-order valence-corrected chi connectivity index (χ0v) is 11.9. The first kappa shape index (κ1) is 14.1. The van der Waals surface area contributed by atoms with Gasteiger partial charge in [-0.15, -0.1) is 0 Å². The Morgan fingerprint density at radius 2 is 2.05 bits per heavy atom. The average Bonchev–Trinajstić information content (AvgIpc) is 2.53. The topological polar surface area (TPSA) is 83.1 Å². The van der Waals surface area contributed by atoms with E-state index in [1.54, 1.807) is 18.2 Å². The van der Waals surface area contributed by atoms with E-state index in [9.17, 15) is 9.59 Å². The summed E-state index contributed by atoms with van der Waals surface area (Å²) in [5.41, 5.74) is 1.59. The summed E-state index contributed by atoms with van der Waals surface area (Å²) in [6.07, 6.45) is 1.82. The van der Waals surface area contributed by atoms with Crippen LogP contribution in [0.15, 0.2) is 39.5 Å². The van der Waals surface area contributed by atoms with Crippen molar-refractivity contribution >= 4 is 11.5 Å². The fourth-order valence-corrected chi connectivity index (χ4v) is 2.57. The minimum absolute atomic E-state index is 0.00507. The molecule has 1 aromatic carbocycles. The molecule has 5 heteroatoms. The lowest BCUT2D eigenvalue weighted by Gasteiger charge is -2.14. The van der Waals surface area contributed by atoms with Crippen LogP contribution in [0.4, 0.5) is 5.69 Å². The van der Waals surface area contributed by atoms with Crippen LogP contribution in [0.25, 0.3) is 0 Å². The number of hydrogen-bond acceptors (Lipinski definition) is 5. The van der Waals surface area contributed by atoms with Gasteiger partial charge in [-0.3, -0.25) is 4.79 Å². The molecule has 0 aliphatic heterocycles. The van der Waals surface area contributed by atoms with E-state index in [-0.39, 0.29) is 11.5 Å². The maximum absolute atomic E-state index is 12.0. The van der Waals surface area contributed by atoms with E-state index in [4.69, 9.17) is 9.68 Å². The third kappa shape index (κ3) is 2.63. The van der Waals surface area contributed by atoms with E-state index < -0.39 is 5.63 Å². The monoisotopic (exact) mass is 294 g/mol. The van der Waals surface area contributed by atoms with Gasteiger partial charge in [0.05, 0.1) is 17.2 Å². The van der Waals surface area contributed by atoms with Crippen molar-refractivity contribution < 1.29 is 9.21 Å². The number of aryl methyl sites for hydroxylation is 1. The number of Topliss-reactive ketones (excluding diaryl/α,β-unsaturated/α-hetero) is 1. The highest BCUT2D eigenvalue weighted by molar-refractivity contribution is 5.98. The summed E-state index contributed by atoms with van der Waals surface area (Å²) >= 11 is 0. The maximum atomic E-state index is 12.0. The second-order valence-corrected chi connectivity index (χ2v) is 5.18. The Bertz CT molecular complexity index is 831. The Hall–Kier alpha value is -2.87. The molecule has 0 amide bonds. The molecule has 0 bridgehead atoms. The molecule has 2 aromatic rings. The van der Waals surface area contributed by atoms with Crippen molar-refractivity contribution in [2.24, 2.45) is 0 Å². The van der Waals surface area contributed by atoms with E-state index in [1.807, 2.05) is 12.1 Å². The van der Waals surface area contributed by atoms with Crippen LogP contribution in [0.5, 0.6) is 0 Å². The van der Waals surface area contributed by atoms with Gasteiger partial charge in [-0.2, -0.15) is 5.26 Å². The van der Waals surface area contributed by atoms with Crippen LogP contribution in [0.1, 0.15) is 40.1 Å². The van der Waals surface area contributed by atoms with Gasteiger partial charge in [0, 0.05) is 19.4 Å². The molecule has 1 heterocycles. The van der Waals surface area contributed by atoms with Crippen molar-refractivity contribution in [3.63, 3.8) is 0 Å². The van der Waals surface area contributed by atoms with Crippen LogP contribution in [0.2, 0.25) is 0 Å². The number of nitriles is 1. The van der Waals surface area contributed by atoms with Gasteiger partial charge < -0.3 is 9.73 Å². The van der Waals surface area contributed by atoms with E-state index in [2.05, 4.69) is 11.4 Å². The third-order valence-electron chi connectivity index (χ3n) is 3.74. The van der Waals surface area contributed by atoms with Gasteiger partial charge >= 0.3 is 5.63 Å². The predicted octanol–water partition coefficient (Wildman–Crippen LogP) is 2.64. The molecule has 0 radical (unpaired) electrons. The van der Waals surface area contributed by atoms with Gasteiger partial charge in [0.25, 0.3) is 0 Å². The highest BCUT2D eigenvalue weighted by Gasteiger charge is 2.21. The maximum Gasteiger partial charge on any atom is 0.359 e. The fourth-order valence-electron chi connectivity index (χ4n) is 2.57. The number of benzene rings is 1. The number of nitrogens with zero attached hydrogens (tertiary/aromatic N) is 1. The molecule has 110 valence electrons. The SMILES string of the molecule is N#Cc1ccccc1CNc1cc2c(oc1=O)CCCC2=O. The zero-order valence-electron chi connectivity index (χ0n) is 11.9. The minimum atomic E-state index is -0.483. The van der Waals surface area contributed by atoms with Crippen LogP contribution in [-0.4, -0.2) is 5.78 Å². The molecule has 0 fully saturated rings. The third-order valence-corrected chi connectivity index (χ3v) is 3.74. The smallest absolute Gasteiger partial charge is 0.359 e. The molecule has 1 aliphatic rings. The highest BCUT2D eigenvalue weighted by atomic mass is 16.4. The molecule has 0 atom stereocenters. The van der Waals surface area contributed by atoms with Crippen molar-refractivity contribution in [3.05, 3.63) is 63.2 Å². The lowest BCUT2D eigenvalue weighted by atomic mass is 9.96. The number of rotatable bonds is 3. The molecule has 0 saturated heterocycles. The van der Waals surface area contributed by atoms with E-state index in [0.29, 0.717) is 36.3 Å². The van der Waals surface area contributed by atoms with Crippen molar-refractivity contribution in [3.8, 4) is 6.07 Å². The van der Waals surface area contributed by atoms with Gasteiger partial charge in [-0.1, -0.05) is 18.2 Å². The Morgan fingerprint density at radius 3 is 2.86 bits per heavy atom. The average molecular weight is 294 g/mol. The predicted molar refractivity (Wildman–Crippen MR) is 80.7 cm³/mol. The number of carbonyl (C=O) groups excluding carboxylic acids is 1. The first-order valence-electron chi connectivity index (χ1n) is 7.11. The molecule has 1 aliphatic carbocycles. The number of anilines is 1. The molecule has 3 rings (SSSR count). The summed E-state index contributed by atoms with van der Waals surface area (Å²) < 4.78 is 5.24. The molecule has 0 unspecified atom stereocenters. The first-order valence-corrected chi connectivity index (χ1v) is 7.11. The molecule has 5 nitrogen and oxygen atoms in total. The van der Waals surface area contributed by atoms with Crippen LogP contribution in [0.3, 0.4) is 0 Å². The lowest BCUT2D eigenvalue weighted by molar-refractivity contribution is 0.0966. The summed E-state index contributed by atoms with van der Waals surface area (Å²) in [5.74, 6) is 0.481. The number of carbonyl (C=O) groups is 1. The molecule has 22 heavy (non-hydrogen) atoms. The number of ketones is 1. The van der Waals surface area contributed by atoms with Crippen molar-refractivity contribution in [2.45, 2.75) is 25.8 Å². The largest absolute Gasteiger partial charge is 0.426 e. The first-order chi connectivity index (χ1) is 10.7. The van der Waals surface area contributed by atoms with E-state index in [0.717, 1.165) is 12.0 Å². The Labute approximate surface area is 127 Å². The lowest BCUT2D eigenvalue weighted by Crippen LogP contribution is -2.18. The summed E-state index contributed by atoms with van der Waals surface area (Å²) in [7, 11) is 0. The van der Waals surface area contributed by atoms with Gasteiger partial charge in [-0.05, 0) is 24.1 Å². The van der Waals surface area contributed by atoms with E-state index >= 15 is 0 Å². The summed E-state index contributed by atoms with van der Waals surface area (Å²) in [6.45, 7) is 0.321. The summed E-state index contributed by atoms with van der Waals surface area (Å²) in [5, 5.41) is 12.0. The zero-order chi connectivity index (χ0) is 15.5. The van der Waals surface area contributed by atoms with Crippen LogP contribution in [0, 0.1) is 11.3 Å². The van der Waals surface area contributed by atoms with Gasteiger partial charge in [-0.25, -0.2) is 4.79 Å². The summed E-state index contributed by atoms with van der Waals surface area (Å²) in [6, 6.07) is 10.8.